The summed E-state index contributed by atoms with van der Waals surface area (Å²) < 4.78 is 11.6. The summed E-state index contributed by atoms with van der Waals surface area (Å²) in [5.74, 6) is 0.821. The Morgan fingerprint density at radius 3 is 2.60 bits per heavy atom. The Labute approximate surface area is 150 Å². The van der Waals surface area contributed by atoms with Crippen molar-refractivity contribution in [3.63, 3.8) is 0 Å². The molecule has 3 fully saturated rings. The fourth-order valence-electron chi connectivity index (χ4n) is 4.01. The van der Waals surface area contributed by atoms with Crippen molar-refractivity contribution in [1.82, 2.24) is 15.5 Å². The van der Waals surface area contributed by atoms with Crippen LogP contribution in [0.25, 0.3) is 0 Å². The molecule has 7 nitrogen and oxygen atoms in total. The molecule has 0 bridgehead atoms. The zero-order valence-corrected chi connectivity index (χ0v) is 15.3. The van der Waals surface area contributed by atoms with Crippen molar-refractivity contribution in [2.75, 3.05) is 39.9 Å². The van der Waals surface area contributed by atoms with Gasteiger partial charge in [-0.15, -0.1) is 0 Å². The average Bonchev–Trinajstić information content (AvgIpc) is 3.18. The normalized spacial score (nSPS) is 28.8. The van der Waals surface area contributed by atoms with Crippen molar-refractivity contribution in [2.24, 2.45) is 4.99 Å². The first kappa shape index (κ1) is 18.5. The highest BCUT2D eigenvalue weighted by molar-refractivity contribution is 5.86. The molecule has 2 N–H and O–H groups in total. The first-order chi connectivity index (χ1) is 12.3. The summed E-state index contributed by atoms with van der Waals surface area (Å²) >= 11 is 0. The second-order valence-corrected chi connectivity index (χ2v) is 7.21. The summed E-state index contributed by atoms with van der Waals surface area (Å²) in [6.45, 7) is 3.31. The Bertz CT molecular complexity index is 459. The number of hydrogen-bond donors (Lipinski definition) is 2. The van der Waals surface area contributed by atoms with Gasteiger partial charge in [0.1, 0.15) is 6.10 Å². The van der Waals surface area contributed by atoms with Crippen molar-refractivity contribution < 1.29 is 14.3 Å². The number of ether oxygens (including phenoxy) is 2. The summed E-state index contributed by atoms with van der Waals surface area (Å²) in [7, 11) is 1.76. The van der Waals surface area contributed by atoms with Gasteiger partial charge >= 0.3 is 0 Å². The van der Waals surface area contributed by atoms with Crippen molar-refractivity contribution in [2.45, 2.75) is 63.2 Å². The highest BCUT2D eigenvalue weighted by Gasteiger charge is 2.32. The van der Waals surface area contributed by atoms with E-state index in [1.54, 1.807) is 7.05 Å². The van der Waals surface area contributed by atoms with Crippen LogP contribution in [0.3, 0.4) is 0 Å². The zero-order valence-electron chi connectivity index (χ0n) is 15.3. The molecule has 7 heteroatoms. The lowest BCUT2D eigenvalue weighted by Gasteiger charge is -2.37. The number of carbonyl (C=O) groups is 1. The second kappa shape index (κ2) is 9.38. The van der Waals surface area contributed by atoms with E-state index >= 15 is 0 Å². The number of carbonyl (C=O) groups excluding carboxylic acids is 1. The quantitative estimate of drug-likeness (QED) is 0.581. The molecule has 2 saturated heterocycles. The molecule has 0 radical (unpaired) electrons. The van der Waals surface area contributed by atoms with Gasteiger partial charge in [-0.2, -0.15) is 0 Å². The first-order valence-electron chi connectivity index (χ1n) is 9.74. The van der Waals surface area contributed by atoms with Gasteiger partial charge in [-0.25, -0.2) is 0 Å². The zero-order chi connectivity index (χ0) is 17.5. The van der Waals surface area contributed by atoms with Crippen LogP contribution in [0.15, 0.2) is 4.99 Å². The Hall–Kier alpha value is -1.34. The number of nitrogens with one attached hydrogen (secondary N) is 2. The Balaban J connectivity index is 1.44. The van der Waals surface area contributed by atoms with Gasteiger partial charge in [0, 0.05) is 32.8 Å². The van der Waals surface area contributed by atoms with E-state index < -0.39 is 0 Å². The Kier molecular flexibility index (Phi) is 6.93. The molecule has 2 unspecified atom stereocenters. The fraction of sp³-hybridized carbons (Fsp3) is 0.889. The molecule has 142 valence electrons. The van der Waals surface area contributed by atoms with Gasteiger partial charge in [0.2, 0.25) is 5.91 Å². The molecule has 3 aliphatic rings. The van der Waals surface area contributed by atoms with Crippen LogP contribution in [-0.2, 0) is 14.3 Å². The van der Waals surface area contributed by atoms with Crippen LogP contribution in [-0.4, -0.2) is 74.9 Å². The number of guanidine groups is 1. The molecule has 1 amide bonds. The van der Waals surface area contributed by atoms with Gasteiger partial charge in [-0.1, -0.05) is 19.3 Å². The topological polar surface area (TPSA) is 75.2 Å². The van der Waals surface area contributed by atoms with Gasteiger partial charge in [0.15, 0.2) is 5.96 Å². The van der Waals surface area contributed by atoms with E-state index in [9.17, 15) is 4.79 Å². The van der Waals surface area contributed by atoms with E-state index in [0.717, 1.165) is 51.3 Å². The van der Waals surface area contributed by atoms with Crippen molar-refractivity contribution in [3.8, 4) is 0 Å². The number of hydrogen-bond acceptors (Lipinski definition) is 4. The highest BCUT2D eigenvalue weighted by Crippen LogP contribution is 2.21. The molecular formula is C18H32N4O3. The largest absolute Gasteiger partial charge is 0.375 e. The standard InChI is InChI=1S/C18H32N4O3/c1-19-18(20-12-17(23)21-14-6-3-2-4-7-14)22-9-11-25-16(13-22)15-8-5-10-24-15/h14-16H,2-13H2,1H3,(H,19,20)(H,21,23). The third-order valence-electron chi connectivity index (χ3n) is 5.36. The number of amides is 1. The average molecular weight is 352 g/mol. The molecule has 0 aromatic carbocycles. The van der Waals surface area contributed by atoms with Gasteiger partial charge < -0.3 is 25.0 Å². The van der Waals surface area contributed by atoms with Crippen LogP contribution in [0.4, 0.5) is 0 Å². The van der Waals surface area contributed by atoms with Crippen LogP contribution < -0.4 is 10.6 Å². The van der Waals surface area contributed by atoms with E-state index in [1.807, 2.05) is 0 Å². The molecule has 3 rings (SSSR count). The minimum absolute atomic E-state index is 0.0528. The van der Waals surface area contributed by atoms with Gasteiger partial charge in [0.05, 0.1) is 19.3 Å². The molecule has 0 aromatic heterocycles. The van der Waals surface area contributed by atoms with E-state index in [2.05, 4.69) is 20.5 Å². The van der Waals surface area contributed by atoms with Crippen molar-refractivity contribution >= 4 is 11.9 Å². The van der Waals surface area contributed by atoms with Gasteiger partial charge in [-0.05, 0) is 25.7 Å². The smallest absolute Gasteiger partial charge is 0.239 e. The molecule has 1 aliphatic carbocycles. The Morgan fingerprint density at radius 2 is 1.88 bits per heavy atom. The molecule has 0 aromatic rings. The highest BCUT2D eigenvalue weighted by atomic mass is 16.5. The summed E-state index contributed by atoms with van der Waals surface area (Å²) in [4.78, 5) is 18.7. The minimum atomic E-state index is 0.0528. The summed E-state index contributed by atoms with van der Waals surface area (Å²) in [5, 5.41) is 6.34. The molecule has 2 atom stereocenters. The minimum Gasteiger partial charge on any atom is -0.375 e. The van der Waals surface area contributed by atoms with E-state index in [4.69, 9.17) is 9.47 Å². The Morgan fingerprint density at radius 1 is 1.08 bits per heavy atom. The number of nitrogens with zero attached hydrogens (tertiary/aromatic N) is 2. The molecule has 1 saturated carbocycles. The van der Waals surface area contributed by atoms with Gasteiger partial charge in [0.25, 0.3) is 0 Å². The molecule has 25 heavy (non-hydrogen) atoms. The van der Waals surface area contributed by atoms with E-state index in [1.165, 1.54) is 19.3 Å². The molecular weight excluding hydrogens is 320 g/mol. The number of aliphatic imine (C=N–C) groups is 1. The molecule has 2 aliphatic heterocycles. The van der Waals surface area contributed by atoms with E-state index in [0.29, 0.717) is 12.6 Å². The van der Waals surface area contributed by atoms with Crippen LogP contribution in [0, 0.1) is 0 Å². The summed E-state index contributed by atoms with van der Waals surface area (Å²) in [5.41, 5.74) is 0. The third-order valence-corrected chi connectivity index (χ3v) is 5.36. The van der Waals surface area contributed by atoms with Crippen LogP contribution in [0.5, 0.6) is 0 Å². The van der Waals surface area contributed by atoms with Crippen LogP contribution in [0.2, 0.25) is 0 Å². The van der Waals surface area contributed by atoms with Crippen molar-refractivity contribution in [1.29, 1.82) is 0 Å². The lowest BCUT2D eigenvalue weighted by molar-refractivity contribution is -0.121. The molecule has 2 heterocycles. The molecule has 0 spiro atoms. The lowest BCUT2D eigenvalue weighted by Crippen LogP contribution is -2.54. The van der Waals surface area contributed by atoms with Gasteiger partial charge in [-0.3, -0.25) is 9.79 Å². The number of rotatable bonds is 4. The lowest BCUT2D eigenvalue weighted by atomic mass is 9.95. The maximum atomic E-state index is 12.2. The predicted octanol–water partition coefficient (Wildman–Crippen LogP) is 0.891. The fourth-order valence-corrected chi connectivity index (χ4v) is 4.01. The summed E-state index contributed by atoms with van der Waals surface area (Å²) in [6.07, 6.45) is 8.39. The SMILES string of the molecule is CN=C(NCC(=O)NC1CCCCC1)N1CCOC(C2CCCO2)C1. The monoisotopic (exact) mass is 352 g/mol. The maximum Gasteiger partial charge on any atom is 0.239 e. The van der Waals surface area contributed by atoms with Crippen molar-refractivity contribution in [3.05, 3.63) is 0 Å². The van der Waals surface area contributed by atoms with Crippen LogP contribution in [0.1, 0.15) is 44.9 Å². The van der Waals surface area contributed by atoms with Crippen LogP contribution >= 0.6 is 0 Å². The second-order valence-electron chi connectivity index (χ2n) is 7.21. The summed E-state index contributed by atoms with van der Waals surface area (Å²) in [6, 6.07) is 0.345. The first-order valence-corrected chi connectivity index (χ1v) is 9.74. The predicted molar refractivity (Wildman–Crippen MR) is 96.7 cm³/mol. The third kappa shape index (κ3) is 5.31. The number of morpholine rings is 1. The van der Waals surface area contributed by atoms with E-state index in [-0.39, 0.29) is 24.7 Å². The maximum absolute atomic E-state index is 12.2.